The van der Waals surface area contributed by atoms with E-state index in [0.717, 1.165) is 0 Å². The predicted octanol–water partition coefficient (Wildman–Crippen LogP) is 4.87. The van der Waals surface area contributed by atoms with Crippen molar-refractivity contribution in [3.63, 3.8) is 0 Å². The summed E-state index contributed by atoms with van der Waals surface area (Å²) in [5.74, 6) is -1.85. The zero-order chi connectivity index (χ0) is 21.3. The molecule has 1 saturated carbocycles. The van der Waals surface area contributed by atoms with E-state index < -0.39 is 25.8 Å². The van der Waals surface area contributed by atoms with Crippen LogP contribution in [-0.4, -0.2) is 39.1 Å². The summed E-state index contributed by atoms with van der Waals surface area (Å²) in [7, 11) is -2.26. The second-order valence-corrected chi connectivity index (χ2v) is 14.5. The van der Waals surface area contributed by atoms with E-state index in [-0.39, 0.29) is 24.5 Å². The van der Waals surface area contributed by atoms with E-state index in [4.69, 9.17) is 13.9 Å². The number of fused-ring (bicyclic) bond motifs is 2. The summed E-state index contributed by atoms with van der Waals surface area (Å²) in [6.07, 6.45) is 4.75. The topological polar surface area (TPSA) is 61.8 Å². The number of rotatable bonds is 9. The summed E-state index contributed by atoms with van der Waals surface area (Å²) < 4.78 is 17.9. The van der Waals surface area contributed by atoms with Crippen LogP contribution in [0.5, 0.6) is 0 Å². The molecule has 0 aliphatic heterocycles. The van der Waals surface area contributed by atoms with Gasteiger partial charge >= 0.3 is 11.9 Å². The Balaban J connectivity index is 2.52. The maximum atomic E-state index is 13.0. The van der Waals surface area contributed by atoms with Gasteiger partial charge in [-0.05, 0) is 42.8 Å². The Kier molecular flexibility index (Phi) is 7.19. The van der Waals surface area contributed by atoms with Gasteiger partial charge in [0, 0.05) is 0 Å². The molecule has 0 unspecified atom stereocenters. The Morgan fingerprint density at radius 2 is 1.46 bits per heavy atom. The first-order valence-electron chi connectivity index (χ1n) is 10.8. The SMILES string of the molecule is CCOC(=O)[C@H]1[C@H]2C=C[C@](O[Si](C(C)C)(C(C)C)C(C)C)(C2)[C@H]1C(=O)OCC. The van der Waals surface area contributed by atoms with Crippen LogP contribution in [0.25, 0.3) is 0 Å². The molecule has 2 bridgehead atoms. The maximum absolute atomic E-state index is 13.0. The van der Waals surface area contributed by atoms with Gasteiger partial charge in [0.05, 0.1) is 24.7 Å². The number of esters is 2. The summed E-state index contributed by atoms with van der Waals surface area (Å²) >= 11 is 0. The summed E-state index contributed by atoms with van der Waals surface area (Å²) in [6.45, 7) is 17.6. The van der Waals surface area contributed by atoms with E-state index in [2.05, 4.69) is 47.6 Å². The van der Waals surface area contributed by atoms with E-state index in [0.29, 0.717) is 29.7 Å². The highest BCUT2D eigenvalue weighted by atomic mass is 28.4. The lowest BCUT2D eigenvalue weighted by atomic mass is 9.81. The average molecular weight is 411 g/mol. The molecule has 4 atom stereocenters. The van der Waals surface area contributed by atoms with Crippen molar-refractivity contribution in [3.8, 4) is 0 Å². The van der Waals surface area contributed by atoms with Gasteiger partial charge in [0.15, 0.2) is 0 Å². The fourth-order valence-electron chi connectivity index (χ4n) is 5.77. The Hall–Kier alpha value is -1.14. The molecule has 0 aromatic rings. The van der Waals surface area contributed by atoms with Gasteiger partial charge in [-0.3, -0.25) is 9.59 Å². The fraction of sp³-hybridized carbons (Fsp3) is 0.818. The van der Waals surface area contributed by atoms with Gasteiger partial charge in [0.2, 0.25) is 8.32 Å². The van der Waals surface area contributed by atoms with Gasteiger partial charge in [-0.15, -0.1) is 0 Å². The van der Waals surface area contributed by atoms with Crippen LogP contribution in [0.4, 0.5) is 0 Å². The van der Waals surface area contributed by atoms with Gasteiger partial charge in [0.1, 0.15) is 5.92 Å². The first kappa shape index (κ1) is 23.1. The number of carbonyl (C=O) groups excluding carboxylic acids is 2. The normalized spacial score (nSPS) is 29.2. The first-order valence-corrected chi connectivity index (χ1v) is 12.9. The molecule has 2 aliphatic carbocycles. The van der Waals surface area contributed by atoms with E-state index >= 15 is 0 Å². The molecule has 1 fully saturated rings. The first-order chi connectivity index (χ1) is 13.1. The highest BCUT2D eigenvalue weighted by Gasteiger charge is 2.65. The molecule has 2 aliphatic rings. The van der Waals surface area contributed by atoms with Gasteiger partial charge in [-0.2, -0.15) is 0 Å². The lowest BCUT2D eigenvalue weighted by Crippen LogP contribution is -2.57. The van der Waals surface area contributed by atoms with Crippen molar-refractivity contribution in [2.45, 2.75) is 84.0 Å². The molecular formula is C22H38O5Si. The van der Waals surface area contributed by atoms with Gasteiger partial charge in [-0.1, -0.05) is 53.7 Å². The molecule has 2 rings (SSSR count). The Morgan fingerprint density at radius 1 is 0.964 bits per heavy atom. The predicted molar refractivity (Wildman–Crippen MR) is 112 cm³/mol. The monoisotopic (exact) mass is 410 g/mol. The third-order valence-electron chi connectivity index (χ3n) is 6.70. The largest absolute Gasteiger partial charge is 0.466 e. The fourth-order valence-corrected chi connectivity index (χ4v) is 11.4. The van der Waals surface area contributed by atoms with E-state index in [1.165, 1.54) is 0 Å². The lowest BCUT2D eigenvalue weighted by molar-refractivity contribution is -0.165. The van der Waals surface area contributed by atoms with Gasteiger partial charge in [-0.25, -0.2) is 0 Å². The molecule has 0 N–H and O–H groups in total. The molecule has 0 aromatic heterocycles. The molecule has 6 heteroatoms. The van der Waals surface area contributed by atoms with Crippen LogP contribution in [0, 0.1) is 17.8 Å². The van der Waals surface area contributed by atoms with Crippen molar-refractivity contribution in [1.29, 1.82) is 0 Å². The third-order valence-corrected chi connectivity index (χ3v) is 12.8. The third kappa shape index (κ3) is 3.70. The minimum atomic E-state index is -2.26. The lowest BCUT2D eigenvalue weighted by Gasteiger charge is -2.49. The quantitative estimate of drug-likeness (QED) is 0.308. The van der Waals surface area contributed by atoms with E-state index in [1.54, 1.807) is 13.8 Å². The van der Waals surface area contributed by atoms with Crippen LogP contribution in [0.15, 0.2) is 12.2 Å². The minimum Gasteiger partial charge on any atom is -0.466 e. The Morgan fingerprint density at radius 3 is 1.93 bits per heavy atom. The Labute approximate surface area is 171 Å². The number of carbonyl (C=O) groups is 2. The summed E-state index contributed by atoms with van der Waals surface area (Å²) in [5.41, 5.74) is 0.399. The average Bonchev–Trinajstić information content (AvgIpc) is 3.15. The molecule has 0 aromatic carbocycles. The maximum Gasteiger partial charge on any atom is 0.313 e. The standard InChI is InChI=1S/C22H38O5Si/c1-9-25-20(23)18-17-11-12-22(13-17,19(18)21(24)26-10-2)27-28(14(3)4,15(5)6)16(7)8/h11-12,14-19H,9-10,13H2,1-8H3/t17-,18-,19+,22-/m0/s1. The van der Waals surface area contributed by atoms with Gasteiger partial charge in [0.25, 0.3) is 0 Å². The summed E-state index contributed by atoms with van der Waals surface area (Å²) in [4.78, 5) is 25.8. The van der Waals surface area contributed by atoms with Crippen molar-refractivity contribution in [2.24, 2.45) is 17.8 Å². The van der Waals surface area contributed by atoms with Crippen molar-refractivity contribution in [1.82, 2.24) is 0 Å². The highest BCUT2D eigenvalue weighted by Crippen LogP contribution is 2.57. The number of ether oxygens (including phenoxy) is 2. The Bertz CT molecular complexity index is 590. The van der Waals surface area contributed by atoms with Crippen LogP contribution in [0.1, 0.15) is 61.8 Å². The molecule has 0 heterocycles. The van der Waals surface area contributed by atoms with Crippen molar-refractivity contribution >= 4 is 20.3 Å². The highest BCUT2D eigenvalue weighted by molar-refractivity contribution is 6.77. The summed E-state index contributed by atoms with van der Waals surface area (Å²) in [5, 5.41) is 0. The minimum absolute atomic E-state index is 0.0355. The zero-order valence-electron chi connectivity index (χ0n) is 18.8. The summed E-state index contributed by atoms with van der Waals surface area (Å²) in [6, 6.07) is 0. The van der Waals surface area contributed by atoms with E-state index in [9.17, 15) is 9.59 Å². The van der Waals surface area contributed by atoms with Crippen LogP contribution in [0.3, 0.4) is 0 Å². The number of hydrogen-bond donors (Lipinski definition) is 0. The van der Waals surface area contributed by atoms with Crippen LogP contribution < -0.4 is 0 Å². The second kappa shape index (κ2) is 8.70. The van der Waals surface area contributed by atoms with Crippen LogP contribution in [-0.2, 0) is 23.5 Å². The molecular weight excluding hydrogens is 372 g/mol. The molecule has 0 radical (unpaired) electrons. The second-order valence-electron chi connectivity index (χ2n) is 9.11. The van der Waals surface area contributed by atoms with Gasteiger partial charge < -0.3 is 13.9 Å². The number of hydrogen-bond acceptors (Lipinski definition) is 5. The zero-order valence-corrected chi connectivity index (χ0v) is 19.8. The molecule has 0 spiro atoms. The molecule has 5 nitrogen and oxygen atoms in total. The molecule has 0 saturated heterocycles. The smallest absolute Gasteiger partial charge is 0.313 e. The van der Waals surface area contributed by atoms with Crippen molar-refractivity contribution in [2.75, 3.05) is 13.2 Å². The van der Waals surface area contributed by atoms with Crippen LogP contribution in [0.2, 0.25) is 16.6 Å². The van der Waals surface area contributed by atoms with Crippen molar-refractivity contribution in [3.05, 3.63) is 12.2 Å². The molecule has 28 heavy (non-hydrogen) atoms. The number of allylic oxidation sites excluding steroid dienone is 1. The van der Waals surface area contributed by atoms with Crippen LogP contribution >= 0.6 is 0 Å². The molecule has 0 amide bonds. The van der Waals surface area contributed by atoms with E-state index in [1.807, 2.05) is 6.08 Å². The molecule has 160 valence electrons. The van der Waals surface area contributed by atoms with Crippen molar-refractivity contribution < 1.29 is 23.5 Å².